The molecular weight excluding hydrogens is 236 g/mol. The second-order valence-electron chi connectivity index (χ2n) is 4.32. The van der Waals surface area contributed by atoms with Gasteiger partial charge in [0.05, 0.1) is 0 Å². The first-order chi connectivity index (χ1) is 9.21. The van der Waals surface area contributed by atoms with Crippen molar-refractivity contribution in [1.29, 1.82) is 5.26 Å². The van der Waals surface area contributed by atoms with E-state index in [-0.39, 0.29) is 0 Å². The number of anilines is 1. The van der Waals surface area contributed by atoms with E-state index in [0.29, 0.717) is 23.9 Å². The maximum Gasteiger partial charge on any atom is 0.146 e. The topological polar surface area (TPSA) is 61.6 Å². The highest BCUT2D eigenvalue weighted by molar-refractivity contribution is 5.40. The zero-order chi connectivity index (χ0) is 13.7. The number of rotatable bonds is 4. The minimum Gasteiger partial charge on any atom is -0.366 e. The molecule has 0 saturated carbocycles. The van der Waals surface area contributed by atoms with Crippen molar-refractivity contribution in [3.63, 3.8) is 0 Å². The minimum atomic E-state index is 0.385. The van der Waals surface area contributed by atoms with Crippen LogP contribution >= 0.6 is 0 Å². The maximum atomic E-state index is 8.86. The van der Waals surface area contributed by atoms with E-state index < -0.39 is 0 Å². The molecule has 1 aromatic carbocycles. The number of aromatic nitrogens is 2. The molecule has 2 rings (SSSR count). The molecule has 1 aromatic heterocycles. The van der Waals surface area contributed by atoms with Gasteiger partial charge in [-0.05, 0) is 24.5 Å². The van der Waals surface area contributed by atoms with E-state index in [1.54, 1.807) is 13.0 Å². The number of hydrogen-bond acceptors (Lipinski definition) is 4. The van der Waals surface area contributed by atoms with Gasteiger partial charge in [-0.1, -0.05) is 31.2 Å². The Morgan fingerprint density at radius 2 is 1.84 bits per heavy atom. The third kappa shape index (κ3) is 3.52. The van der Waals surface area contributed by atoms with Crippen LogP contribution in [0.4, 0.5) is 5.82 Å². The van der Waals surface area contributed by atoms with Gasteiger partial charge in [-0.3, -0.25) is 0 Å². The van der Waals surface area contributed by atoms with Crippen LogP contribution in [0.5, 0.6) is 0 Å². The molecule has 0 aliphatic rings. The lowest BCUT2D eigenvalue weighted by Gasteiger charge is -2.07. The lowest BCUT2D eigenvalue weighted by Crippen LogP contribution is -2.04. The molecule has 19 heavy (non-hydrogen) atoms. The first-order valence-corrected chi connectivity index (χ1v) is 6.28. The highest BCUT2D eigenvalue weighted by Gasteiger charge is 2.01. The van der Waals surface area contributed by atoms with Crippen LogP contribution < -0.4 is 5.32 Å². The number of aryl methyl sites for hydroxylation is 2. The van der Waals surface area contributed by atoms with Crippen molar-refractivity contribution < 1.29 is 0 Å². The van der Waals surface area contributed by atoms with Crippen LogP contribution in [0, 0.1) is 18.3 Å². The molecule has 96 valence electrons. The molecule has 0 radical (unpaired) electrons. The smallest absolute Gasteiger partial charge is 0.146 e. The van der Waals surface area contributed by atoms with Gasteiger partial charge in [0.2, 0.25) is 0 Å². The first-order valence-electron chi connectivity index (χ1n) is 6.28. The molecule has 0 spiro atoms. The number of nitrogens with zero attached hydrogens (tertiary/aromatic N) is 3. The van der Waals surface area contributed by atoms with Gasteiger partial charge in [0.1, 0.15) is 23.4 Å². The molecule has 0 atom stereocenters. The lowest BCUT2D eigenvalue weighted by molar-refractivity contribution is 1.01. The highest BCUT2D eigenvalue weighted by atomic mass is 15.0. The van der Waals surface area contributed by atoms with E-state index in [1.807, 2.05) is 6.07 Å². The average Bonchev–Trinajstić information content (AvgIpc) is 2.45. The third-order valence-electron chi connectivity index (χ3n) is 2.86. The fourth-order valence-corrected chi connectivity index (χ4v) is 1.80. The van der Waals surface area contributed by atoms with Crippen molar-refractivity contribution in [3.05, 3.63) is 53.0 Å². The van der Waals surface area contributed by atoms with Gasteiger partial charge in [0.15, 0.2) is 0 Å². The Morgan fingerprint density at radius 3 is 2.47 bits per heavy atom. The molecule has 4 nitrogen and oxygen atoms in total. The van der Waals surface area contributed by atoms with Crippen LogP contribution in [0.25, 0.3) is 0 Å². The Hall–Kier alpha value is -2.41. The van der Waals surface area contributed by atoms with Crippen molar-refractivity contribution >= 4 is 5.82 Å². The second kappa shape index (κ2) is 5.96. The molecule has 1 N–H and O–H groups in total. The molecule has 0 amide bonds. The largest absolute Gasteiger partial charge is 0.366 e. The molecule has 0 fully saturated rings. The van der Waals surface area contributed by atoms with E-state index in [0.717, 1.165) is 6.42 Å². The van der Waals surface area contributed by atoms with Gasteiger partial charge in [-0.25, -0.2) is 9.97 Å². The Balaban J connectivity index is 2.05. The predicted molar refractivity (Wildman–Crippen MR) is 74.6 cm³/mol. The van der Waals surface area contributed by atoms with Crippen molar-refractivity contribution in [2.24, 2.45) is 0 Å². The predicted octanol–water partition coefficient (Wildman–Crippen LogP) is 2.83. The zero-order valence-electron chi connectivity index (χ0n) is 11.1. The molecule has 0 aliphatic carbocycles. The van der Waals surface area contributed by atoms with E-state index in [1.165, 1.54) is 11.1 Å². The van der Waals surface area contributed by atoms with Gasteiger partial charge < -0.3 is 5.32 Å². The van der Waals surface area contributed by atoms with Crippen LogP contribution in [0.15, 0.2) is 30.3 Å². The number of nitrogens with one attached hydrogen (secondary N) is 1. The van der Waals surface area contributed by atoms with Crippen molar-refractivity contribution in [2.75, 3.05) is 5.32 Å². The maximum absolute atomic E-state index is 8.86. The fraction of sp³-hybridized carbons (Fsp3) is 0.267. The van der Waals surface area contributed by atoms with Crippen molar-refractivity contribution in [1.82, 2.24) is 9.97 Å². The van der Waals surface area contributed by atoms with Crippen LogP contribution in [-0.2, 0) is 13.0 Å². The van der Waals surface area contributed by atoms with E-state index >= 15 is 0 Å². The quantitative estimate of drug-likeness (QED) is 0.908. The van der Waals surface area contributed by atoms with Gasteiger partial charge >= 0.3 is 0 Å². The zero-order valence-corrected chi connectivity index (χ0v) is 11.1. The first kappa shape index (κ1) is 13.0. The van der Waals surface area contributed by atoms with Gasteiger partial charge in [0.25, 0.3) is 0 Å². The summed E-state index contributed by atoms with van der Waals surface area (Å²) < 4.78 is 0. The van der Waals surface area contributed by atoms with E-state index in [4.69, 9.17) is 5.26 Å². The Kier molecular flexibility index (Phi) is 4.09. The van der Waals surface area contributed by atoms with Gasteiger partial charge in [-0.2, -0.15) is 5.26 Å². The second-order valence-corrected chi connectivity index (χ2v) is 4.32. The summed E-state index contributed by atoms with van der Waals surface area (Å²) in [5, 5.41) is 12.1. The van der Waals surface area contributed by atoms with E-state index in [9.17, 15) is 0 Å². The van der Waals surface area contributed by atoms with Gasteiger partial charge in [0, 0.05) is 12.6 Å². The van der Waals surface area contributed by atoms with Crippen molar-refractivity contribution in [2.45, 2.75) is 26.8 Å². The third-order valence-corrected chi connectivity index (χ3v) is 2.86. The minimum absolute atomic E-state index is 0.385. The SMILES string of the molecule is CCc1ccc(CNc2cc(C#N)nc(C)n2)cc1. The number of benzene rings is 1. The van der Waals surface area contributed by atoms with Gasteiger partial charge in [-0.15, -0.1) is 0 Å². The summed E-state index contributed by atoms with van der Waals surface area (Å²) in [5.41, 5.74) is 2.90. The average molecular weight is 252 g/mol. The Labute approximate surface area is 113 Å². The Morgan fingerprint density at radius 1 is 1.16 bits per heavy atom. The van der Waals surface area contributed by atoms with Crippen LogP contribution in [0.2, 0.25) is 0 Å². The number of nitriles is 1. The molecule has 1 heterocycles. The number of hydrogen-bond donors (Lipinski definition) is 1. The monoisotopic (exact) mass is 252 g/mol. The molecule has 0 bridgehead atoms. The van der Waals surface area contributed by atoms with Crippen LogP contribution in [-0.4, -0.2) is 9.97 Å². The summed E-state index contributed by atoms with van der Waals surface area (Å²) >= 11 is 0. The summed E-state index contributed by atoms with van der Waals surface area (Å²) in [6, 6.07) is 12.2. The summed E-state index contributed by atoms with van der Waals surface area (Å²) in [4.78, 5) is 8.28. The summed E-state index contributed by atoms with van der Waals surface area (Å²) in [5.74, 6) is 1.28. The summed E-state index contributed by atoms with van der Waals surface area (Å²) in [7, 11) is 0. The standard InChI is InChI=1S/C15H16N4/c1-3-12-4-6-13(7-5-12)10-17-15-8-14(9-16)18-11(2)19-15/h4-8H,3,10H2,1-2H3,(H,17,18,19). The molecule has 0 saturated heterocycles. The molecule has 0 aliphatic heterocycles. The molecule has 4 heteroatoms. The van der Waals surface area contributed by atoms with Crippen LogP contribution in [0.3, 0.4) is 0 Å². The summed E-state index contributed by atoms with van der Waals surface area (Å²) in [6.45, 7) is 4.60. The fourth-order valence-electron chi connectivity index (χ4n) is 1.80. The highest BCUT2D eigenvalue weighted by Crippen LogP contribution is 2.10. The Bertz CT molecular complexity index is 597. The molecular formula is C15H16N4. The normalized spacial score (nSPS) is 9.95. The van der Waals surface area contributed by atoms with Crippen molar-refractivity contribution in [3.8, 4) is 6.07 Å². The molecule has 0 unspecified atom stereocenters. The summed E-state index contributed by atoms with van der Waals surface area (Å²) in [6.07, 6.45) is 1.05. The molecule has 2 aromatic rings. The lowest BCUT2D eigenvalue weighted by atomic mass is 10.1. The van der Waals surface area contributed by atoms with E-state index in [2.05, 4.69) is 46.5 Å². The van der Waals surface area contributed by atoms with Crippen LogP contribution in [0.1, 0.15) is 29.6 Å².